The normalized spacial score (nSPS) is 19.4. The molecule has 0 saturated carbocycles. The number of unbranched alkanes of at least 4 members (excludes halogenated alkanes) is 14. The van der Waals surface area contributed by atoms with Gasteiger partial charge in [-0.15, -0.1) is 0 Å². The highest BCUT2D eigenvalue weighted by Gasteiger charge is 2.47. The van der Waals surface area contributed by atoms with E-state index in [-0.39, 0.29) is 6.61 Å². The van der Waals surface area contributed by atoms with Gasteiger partial charge in [0.2, 0.25) is 0 Å². The molecule has 1 aliphatic rings. The Morgan fingerprint density at radius 3 is 1.29 bits per heavy atom. The van der Waals surface area contributed by atoms with Crippen molar-refractivity contribution in [2.75, 3.05) is 19.8 Å². The fourth-order valence-corrected chi connectivity index (χ4v) is 7.11. The summed E-state index contributed by atoms with van der Waals surface area (Å²) in [4.78, 5) is 0. The van der Waals surface area contributed by atoms with Crippen LogP contribution >= 0.6 is 0 Å². The van der Waals surface area contributed by atoms with Crippen LogP contribution in [0, 0.1) is 0 Å². The minimum absolute atomic E-state index is 0.232. The second-order valence-electron chi connectivity index (χ2n) is 13.8. The van der Waals surface area contributed by atoms with E-state index in [0.717, 1.165) is 42.4 Å². The molecule has 1 heterocycles. The minimum Gasteiger partial charge on any atom is -0.372 e. The molecule has 4 unspecified atom stereocenters. The van der Waals surface area contributed by atoms with E-state index in [1.165, 1.54) is 77.0 Å². The van der Waals surface area contributed by atoms with Crippen molar-refractivity contribution in [1.29, 1.82) is 0 Å². The van der Waals surface area contributed by atoms with Gasteiger partial charge in [-0.25, -0.2) is 0 Å². The third kappa shape index (κ3) is 12.3. The summed E-state index contributed by atoms with van der Waals surface area (Å²) < 4.78 is 26.3. The van der Waals surface area contributed by atoms with Crippen molar-refractivity contribution in [3.63, 3.8) is 0 Å². The molecule has 0 bridgehead atoms. The highest BCUT2D eigenvalue weighted by molar-refractivity contribution is 5.47. The summed E-state index contributed by atoms with van der Waals surface area (Å²) in [6, 6.07) is 31.2. The molecule has 0 radical (unpaired) electrons. The Morgan fingerprint density at radius 2 is 0.878 bits per heavy atom. The minimum atomic E-state index is -1.06. The van der Waals surface area contributed by atoms with Crippen molar-refractivity contribution < 1.29 is 24.1 Å². The van der Waals surface area contributed by atoms with Gasteiger partial charge in [0.25, 0.3) is 0 Å². The van der Waals surface area contributed by atoms with E-state index in [9.17, 15) is 5.11 Å². The van der Waals surface area contributed by atoms with Crippen LogP contribution in [0.25, 0.3) is 0 Å². The molecule has 4 atom stereocenters. The molecular weight excluding hydrogens is 608 g/mol. The Balaban J connectivity index is 1.45. The van der Waals surface area contributed by atoms with Gasteiger partial charge in [0.05, 0.1) is 6.61 Å². The number of hydrogen-bond acceptors (Lipinski definition) is 5. The van der Waals surface area contributed by atoms with Crippen LogP contribution in [-0.4, -0.2) is 49.5 Å². The summed E-state index contributed by atoms with van der Waals surface area (Å²) >= 11 is 0. The lowest BCUT2D eigenvalue weighted by atomic mass is 9.80. The lowest BCUT2D eigenvalue weighted by molar-refractivity contribution is -0.155. The van der Waals surface area contributed by atoms with Crippen molar-refractivity contribution in [3.8, 4) is 0 Å². The quantitative estimate of drug-likeness (QED) is 0.0679. The summed E-state index contributed by atoms with van der Waals surface area (Å²) in [5, 5.41) is 11.2. The van der Waals surface area contributed by atoms with E-state index in [2.05, 4.69) is 86.6 Å². The first-order valence-corrected chi connectivity index (χ1v) is 19.6. The molecule has 4 rings (SSSR count). The van der Waals surface area contributed by atoms with Crippen molar-refractivity contribution >= 4 is 0 Å². The van der Waals surface area contributed by atoms with E-state index < -0.39 is 30.2 Å². The van der Waals surface area contributed by atoms with Crippen LogP contribution in [0.5, 0.6) is 0 Å². The third-order valence-electron chi connectivity index (χ3n) is 9.91. The first-order chi connectivity index (χ1) is 24.2. The Bertz CT molecular complexity index is 1120. The monoisotopic (exact) mass is 672 g/mol. The summed E-state index contributed by atoms with van der Waals surface area (Å²) in [6.07, 6.45) is 17.3. The number of ether oxygens (including phenoxy) is 4. The van der Waals surface area contributed by atoms with Crippen molar-refractivity contribution in [2.45, 2.75) is 147 Å². The van der Waals surface area contributed by atoms with Gasteiger partial charge in [0.1, 0.15) is 23.9 Å². The zero-order valence-electron chi connectivity index (χ0n) is 30.5. The molecule has 1 saturated heterocycles. The summed E-state index contributed by atoms with van der Waals surface area (Å²) in [6.45, 7) is 5.96. The molecule has 0 aliphatic carbocycles. The van der Waals surface area contributed by atoms with Crippen LogP contribution in [0.4, 0.5) is 0 Å². The number of benzene rings is 3. The number of rotatable bonds is 26. The Kier molecular flexibility index (Phi) is 18.5. The zero-order valence-corrected chi connectivity index (χ0v) is 30.5. The summed E-state index contributed by atoms with van der Waals surface area (Å²) in [5.74, 6) is 0. The van der Waals surface area contributed by atoms with Gasteiger partial charge in [-0.3, -0.25) is 0 Å². The maximum Gasteiger partial charge on any atom is 0.184 e. The standard InChI is InChI=1S/C44H64O5/c1-3-5-7-9-11-13-15-26-34-46-41-40(49-43(45)42(41)47-35-27-16-14-12-10-8-6-4-2)36-48-44(37-28-20-17-21-29-37,38-30-22-18-23-31-38)39-32-24-19-25-33-39/h17-25,28-33,40-43,45H,3-16,26-27,34-36H2,1-2H3. The van der Waals surface area contributed by atoms with Crippen molar-refractivity contribution in [3.05, 3.63) is 108 Å². The largest absolute Gasteiger partial charge is 0.372 e. The van der Waals surface area contributed by atoms with Crippen molar-refractivity contribution in [1.82, 2.24) is 0 Å². The second kappa shape index (κ2) is 23.0. The van der Waals surface area contributed by atoms with Gasteiger partial charge in [-0.2, -0.15) is 0 Å². The van der Waals surface area contributed by atoms with E-state index in [0.29, 0.717) is 13.2 Å². The molecular formula is C44H64O5. The second-order valence-corrected chi connectivity index (χ2v) is 13.8. The topological polar surface area (TPSA) is 57.2 Å². The molecule has 1 aliphatic heterocycles. The Morgan fingerprint density at radius 1 is 0.510 bits per heavy atom. The zero-order chi connectivity index (χ0) is 34.4. The summed E-state index contributed by atoms with van der Waals surface area (Å²) in [7, 11) is 0. The number of aliphatic hydroxyl groups excluding tert-OH is 1. The fourth-order valence-electron chi connectivity index (χ4n) is 7.11. The average molecular weight is 673 g/mol. The lowest BCUT2D eigenvalue weighted by Gasteiger charge is -2.37. The fraction of sp³-hybridized carbons (Fsp3) is 0.591. The Labute approximate surface area is 297 Å². The van der Waals surface area contributed by atoms with E-state index >= 15 is 0 Å². The van der Waals surface area contributed by atoms with Gasteiger partial charge in [-0.05, 0) is 29.5 Å². The van der Waals surface area contributed by atoms with Gasteiger partial charge >= 0.3 is 0 Å². The smallest absolute Gasteiger partial charge is 0.184 e. The first-order valence-electron chi connectivity index (χ1n) is 19.6. The molecule has 5 nitrogen and oxygen atoms in total. The highest BCUT2D eigenvalue weighted by atomic mass is 16.7. The number of hydrogen-bond donors (Lipinski definition) is 1. The van der Waals surface area contributed by atoms with E-state index in [1.54, 1.807) is 0 Å². The SMILES string of the molecule is CCCCCCCCCCOC1C(O)OC(COC(c2ccccc2)(c2ccccc2)c2ccccc2)C1OCCCCCCCCCC. The highest BCUT2D eigenvalue weighted by Crippen LogP contribution is 2.41. The maximum absolute atomic E-state index is 11.2. The molecule has 5 heteroatoms. The molecule has 270 valence electrons. The van der Waals surface area contributed by atoms with Gasteiger partial charge in [0, 0.05) is 13.2 Å². The van der Waals surface area contributed by atoms with Gasteiger partial charge in [0.15, 0.2) is 6.29 Å². The first kappa shape index (κ1) is 39.2. The van der Waals surface area contributed by atoms with Gasteiger partial charge in [-0.1, -0.05) is 195 Å². The van der Waals surface area contributed by atoms with Crippen molar-refractivity contribution in [2.24, 2.45) is 0 Å². The third-order valence-corrected chi connectivity index (χ3v) is 9.91. The van der Waals surface area contributed by atoms with Crippen LogP contribution < -0.4 is 0 Å². The van der Waals surface area contributed by atoms with Crippen LogP contribution in [0.3, 0.4) is 0 Å². The van der Waals surface area contributed by atoms with Crippen LogP contribution in [0.2, 0.25) is 0 Å². The molecule has 49 heavy (non-hydrogen) atoms. The predicted octanol–water partition coefficient (Wildman–Crippen LogP) is 10.8. The molecule has 1 fully saturated rings. The predicted molar refractivity (Wildman–Crippen MR) is 201 cm³/mol. The molecule has 0 aromatic heterocycles. The van der Waals surface area contributed by atoms with Crippen LogP contribution in [-0.2, 0) is 24.5 Å². The molecule has 0 amide bonds. The van der Waals surface area contributed by atoms with E-state index in [4.69, 9.17) is 18.9 Å². The molecule has 1 N–H and O–H groups in total. The van der Waals surface area contributed by atoms with Crippen LogP contribution in [0.1, 0.15) is 133 Å². The van der Waals surface area contributed by atoms with Gasteiger partial charge < -0.3 is 24.1 Å². The number of aliphatic hydroxyl groups is 1. The lowest BCUT2D eigenvalue weighted by Crippen LogP contribution is -2.42. The van der Waals surface area contributed by atoms with E-state index in [1.807, 2.05) is 18.2 Å². The Hall–Kier alpha value is -2.54. The molecule has 3 aromatic rings. The molecule has 3 aromatic carbocycles. The van der Waals surface area contributed by atoms with Crippen LogP contribution in [0.15, 0.2) is 91.0 Å². The molecule has 0 spiro atoms. The maximum atomic E-state index is 11.2. The summed E-state index contributed by atoms with van der Waals surface area (Å²) in [5.41, 5.74) is 2.22. The average Bonchev–Trinajstić information content (AvgIpc) is 3.44.